The van der Waals surface area contributed by atoms with Crippen molar-refractivity contribution in [3.05, 3.63) is 64.2 Å². The van der Waals surface area contributed by atoms with Crippen LogP contribution in [-0.2, 0) is 6.42 Å². The van der Waals surface area contributed by atoms with Gasteiger partial charge in [0.1, 0.15) is 0 Å². The number of benzene rings is 2. The van der Waals surface area contributed by atoms with E-state index in [1.54, 1.807) is 18.2 Å². The van der Waals surface area contributed by atoms with Gasteiger partial charge in [0.2, 0.25) is 0 Å². The van der Waals surface area contributed by atoms with Crippen molar-refractivity contribution in [2.75, 3.05) is 12.3 Å². The number of nitrogen functional groups attached to an aromatic ring is 1. The number of carbonyl (C=O) groups is 1. The minimum atomic E-state index is -0.136. The number of nitrogens with one attached hydrogen (secondary N) is 1. The number of anilines is 1. The second kappa shape index (κ2) is 5.17. The molecule has 3 rings (SSSR count). The van der Waals surface area contributed by atoms with Gasteiger partial charge in [-0.1, -0.05) is 35.9 Å². The van der Waals surface area contributed by atoms with E-state index in [9.17, 15) is 4.79 Å². The zero-order valence-electron chi connectivity index (χ0n) is 10.9. The van der Waals surface area contributed by atoms with Crippen LogP contribution < -0.4 is 11.1 Å². The topological polar surface area (TPSA) is 55.1 Å². The van der Waals surface area contributed by atoms with Crippen LogP contribution in [0.4, 0.5) is 5.69 Å². The van der Waals surface area contributed by atoms with Crippen LogP contribution in [-0.4, -0.2) is 12.5 Å². The molecule has 4 heteroatoms. The van der Waals surface area contributed by atoms with Crippen molar-refractivity contribution in [1.29, 1.82) is 0 Å². The maximum Gasteiger partial charge on any atom is 0.251 e. The van der Waals surface area contributed by atoms with Crippen LogP contribution in [0.5, 0.6) is 0 Å². The zero-order valence-corrected chi connectivity index (χ0v) is 11.7. The van der Waals surface area contributed by atoms with Gasteiger partial charge in [0.15, 0.2) is 0 Å². The largest absolute Gasteiger partial charge is 0.399 e. The van der Waals surface area contributed by atoms with E-state index in [1.807, 2.05) is 12.1 Å². The van der Waals surface area contributed by atoms with Gasteiger partial charge in [0, 0.05) is 28.7 Å². The van der Waals surface area contributed by atoms with Crippen molar-refractivity contribution >= 4 is 23.2 Å². The van der Waals surface area contributed by atoms with Gasteiger partial charge >= 0.3 is 0 Å². The van der Waals surface area contributed by atoms with Crippen molar-refractivity contribution < 1.29 is 4.79 Å². The summed E-state index contributed by atoms with van der Waals surface area (Å²) in [6.07, 6.45) is 1.02. The molecule has 2 aromatic rings. The van der Waals surface area contributed by atoms with Gasteiger partial charge in [-0.25, -0.2) is 0 Å². The first kappa shape index (κ1) is 13.0. The number of carbonyl (C=O) groups excluding carboxylic acids is 1. The molecule has 0 fully saturated rings. The molecule has 0 bridgehead atoms. The fraction of sp³-hybridized carbons (Fsp3) is 0.188. The molecule has 3 nitrogen and oxygen atoms in total. The minimum absolute atomic E-state index is 0.136. The smallest absolute Gasteiger partial charge is 0.251 e. The summed E-state index contributed by atoms with van der Waals surface area (Å²) in [5.41, 5.74) is 9.39. The van der Waals surface area contributed by atoms with Gasteiger partial charge in [-0.2, -0.15) is 0 Å². The number of rotatable bonds is 3. The van der Waals surface area contributed by atoms with E-state index in [2.05, 4.69) is 17.4 Å². The van der Waals surface area contributed by atoms with Crippen molar-refractivity contribution in [3.63, 3.8) is 0 Å². The van der Waals surface area contributed by atoms with Crippen LogP contribution in [0.25, 0.3) is 0 Å². The number of amides is 1. The summed E-state index contributed by atoms with van der Waals surface area (Å²) in [6.45, 7) is 0.641. The highest BCUT2D eigenvalue weighted by Crippen LogP contribution is 2.34. The maximum atomic E-state index is 12.1. The Bertz CT molecular complexity index is 649. The van der Waals surface area contributed by atoms with Gasteiger partial charge < -0.3 is 11.1 Å². The third kappa shape index (κ3) is 2.49. The highest BCUT2D eigenvalue weighted by molar-refractivity contribution is 6.31. The zero-order chi connectivity index (χ0) is 14.1. The molecular formula is C16H15ClN2O. The third-order valence-corrected chi connectivity index (χ3v) is 3.87. The molecule has 1 amide bonds. The molecule has 0 radical (unpaired) electrons. The Kier molecular flexibility index (Phi) is 3.36. The number of hydrogen-bond acceptors (Lipinski definition) is 2. The molecule has 0 aliphatic heterocycles. The first-order valence-electron chi connectivity index (χ1n) is 6.55. The molecule has 102 valence electrons. The third-order valence-electron chi connectivity index (χ3n) is 3.65. The Balaban J connectivity index is 1.64. The van der Waals surface area contributed by atoms with Crippen LogP contribution in [0, 0.1) is 0 Å². The number of nitrogens with two attached hydrogens (primary N) is 1. The molecule has 0 saturated heterocycles. The summed E-state index contributed by atoms with van der Waals surface area (Å²) in [5.74, 6) is 0.273. The Morgan fingerprint density at radius 2 is 2.10 bits per heavy atom. The van der Waals surface area contributed by atoms with Crippen molar-refractivity contribution in [2.24, 2.45) is 0 Å². The van der Waals surface area contributed by atoms with E-state index >= 15 is 0 Å². The van der Waals surface area contributed by atoms with Crippen molar-refractivity contribution in [1.82, 2.24) is 5.32 Å². The average molecular weight is 287 g/mol. The number of fused-ring (bicyclic) bond motifs is 1. The molecule has 3 N–H and O–H groups in total. The molecule has 20 heavy (non-hydrogen) atoms. The maximum absolute atomic E-state index is 12.1. The van der Waals surface area contributed by atoms with Crippen molar-refractivity contribution in [3.8, 4) is 0 Å². The Labute approximate surface area is 122 Å². The van der Waals surface area contributed by atoms with E-state index < -0.39 is 0 Å². The Morgan fingerprint density at radius 1 is 1.30 bits per heavy atom. The monoisotopic (exact) mass is 286 g/mol. The fourth-order valence-corrected chi connectivity index (χ4v) is 2.85. The van der Waals surface area contributed by atoms with Gasteiger partial charge in [-0.05, 0) is 35.7 Å². The first-order chi connectivity index (χ1) is 9.63. The molecule has 1 atom stereocenters. The number of halogens is 1. The van der Waals surface area contributed by atoms with E-state index in [1.165, 1.54) is 11.1 Å². The van der Waals surface area contributed by atoms with Crippen molar-refractivity contribution in [2.45, 2.75) is 12.3 Å². The molecule has 0 saturated carbocycles. The first-order valence-corrected chi connectivity index (χ1v) is 6.93. The summed E-state index contributed by atoms with van der Waals surface area (Å²) in [7, 11) is 0. The normalized spacial score (nSPS) is 16.1. The minimum Gasteiger partial charge on any atom is -0.399 e. The highest BCUT2D eigenvalue weighted by Gasteiger charge is 2.25. The van der Waals surface area contributed by atoms with Crippen LogP contribution in [0.3, 0.4) is 0 Å². The SMILES string of the molecule is Nc1cc(Cl)cc(C(=O)NCC2Cc3ccccc32)c1. The van der Waals surface area contributed by atoms with Crippen LogP contribution >= 0.6 is 11.6 Å². The average Bonchev–Trinajstić information content (AvgIpc) is 2.38. The highest BCUT2D eigenvalue weighted by atomic mass is 35.5. The lowest BCUT2D eigenvalue weighted by Gasteiger charge is -2.30. The summed E-state index contributed by atoms with van der Waals surface area (Å²) >= 11 is 5.90. The molecule has 1 unspecified atom stereocenters. The van der Waals surface area contributed by atoms with Crippen LogP contribution in [0.1, 0.15) is 27.4 Å². The summed E-state index contributed by atoms with van der Waals surface area (Å²) < 4.78 is 0. The van der Waals surface area contributed by atoms with E-state index in [4.69, 9.17) is 17.3 Å². The Hall–Kier alpha value is -2.00. The lowest BCUT2D eigenvalue weighted by molar-refractivity contribution is 0.0950. The predicted octanol–water partition coefficient (Wildman–Crippen LogP) is 2.99. The molecular weight excluding hydrogens is 272 g/mol. The molecule has 0 heterocycles. The van der Waals surface area contributed by atoms with E-state index in [0.717, 1.165) is 6.42 Å². The van der Waals surface area contributed by atoms with Gasteiger partial charge in [-0.3, -0.25) is 4.79 Å². The Morgan fingerprint density at radius 3 is 2.85 bits per heavy atom. The molecule has 0 spiro atoms. The predicted molar refractivity (Wildman–Crippen MR) is 81.1 cm³/mol. The number of hydrogen-bond donors (Lipinski definition) is 2. The lowest BCUT2D eigenvalue weighted by atomic mass is 9.77. The van der Waals surface area contributed by atoms with Crippen LogP contribution in [0.15, 0.2) is 42.5 Å². The molecule has 1 aliphatic rings. The summed E-state index contributed by atoms with van der Waals surface area (Å²) in [5, 5.41) is 3.42. The second-order valence-corrected chi connectivity index (χ2v) is 5.52. The van der Waals surface area contributed by atoms with Gasteiger partial charge in [0.25, 0.3) is 5.91 Å². The summed E-state index contributed by atoms with van der Waals surface area (Å²) in [6, 6.07) is 13.2. The standard InChI is InChI=1S/C16H15ClN2O/c17-13-6-11(7-14(18)8-13)16(20)19-9-12-5-10-3-1-2-4-15(10)12/h1-4,6-8,12H,5,9,18H2,(H,19,20). The van der Waals surface area contributed by atoms with E-state index in [-0.39, 0.29) is 5.91 Å². The second-order valence-electron chi connectivity index (χ2n) is 5.08. The molecule has 1 aliphatic carbocycles. The fourth-order valence-electron chi connectivity index (χ4n) is 2.61. The van der Waals surface area contributed by atoms with Crippen LogP contribution in [0.2, 0.25) is 5.02 Å². The van der Waals surface area contributed by atoms with Gasteiger partial charge in [0.05, 0.1) is 0 Å². The quantitative estimate of drug-likeness (QED) is 0.852. The molecule has 2 aromatic carbocycles. The van der Waals surface area contributed by atoms with E-state index in [0.29, 0.717) is 28.7 Å². The lowest BCUT2D eigenvalue weighted by Crippen LogP contribution is -2.33. The molecule has 0 aromatic heterocycles. The summed E-state index contributed by atoms with van der Waals surface area (Å²) in [4.78, 5) is 12.1. The van der Waals surface area contributed by atoms with Gasteiger partial charge in [-0.15, -0.1) is 0 Å².